The molecule has 1 aliphatic rings. The van der Waals surface area contributed by atoms with Gasteiger partial charge in [-0.2, -0.15) is 0 Å². The molecule has 0 N–H and O–H groups in total. The number of likely N-dealkylation sites (tertiary alicyclic amines) is 1. The predicted octanol–water partition coefficient (Wildman–Crippen LogP) is 4.62. The minimum atomic E-state index is -0.204. The van der Waals surface area contributed by atoms with E-state index in [9.17, 15) is 4.79 Å². The van der Waals surface area contributed by atoms with E-state index in [2.05, 4.69) is 35.7 Å². The fourth-order valence-corrected chi connectivity index (χ4v) is 4.30. The molecule has 160 valence electrons. The van der Waals surface area contributed by atoms with Crippen LogP contribution in [0.1, 0.15) is 33.1 Å². The van der Waals surface area contributed by atoms with Gasteiger partial charge in [-0.25, -0.2) is 14.0 Å². The number of para-hydroxylation sites is 1. The van der Waals surface area contributed by atoms with Crippen molar-refractivity contribution in [3.8, 4) is 28.9 Å². The lowest BCUT2D eigenvalue weighted by atomic mass is 9.98. The van der Waals surface area contributed by atoms with Gasteiger partial charge >= 0.3 is 5.69 Å². The van der Waals surface area contributed by atoms with Crippen LogP contribution >= 0.6 is 11.6 Å². The third-order valence-corrected chi connectivity index (χ3v) is 6.20. The van der Waals surface area contributed by atoms with Crippen LogP contribution in [0.15, 0.2) is 59.4 Å². The van der Waals surface area contributed by atoms with Crippen LogP contribution in [0.4, 0.5) is 0 Å². The number of benzene rings is 2. The molecular formula is C25H27ClN4O. The normalized spacial score (nSPS) is 19.1. The molecule has 0 radical (unpaired) electrons. The number of hydrogen-bond donors (Lipinski definition) is 0. The van der Waals surface area contributed by atoms with Crippen LogP contribution in [0.2, 0.25) is 5.02 Å². The molecule has 1 aromatic heterocycles. The Balaban J connectivity index is 1.62. The minimum Gasteiger partial charge on any atom is -0.287 e. The van der Waals surface area contributed by atoms with Crippen molar-refractivity contribution in [2.24, 2.45) is 0 Å². The maximum Gasteiger partial charge on any atom is 0.351 e. The van der Waals surface area contributed by atoms with Crippen LogP contribution in [0, 0.1) is 11.8 Å². The molecule has 1 saturated heterocycles. The van der Waals surface area contributed by atoms with Crippen molar-refractivity contribution in [2.75, 3.05) is 6.54 Å². The number of piperidine rings is 1. The molecule has 2 aromatic carbocycles. The highest BCUT2D eigenvalue weighted by Crippen LogP contribution is 2.22. The SMILES string of the molecule is CC1CCCC(C)N1CC#CCn1nc(-c2ccc(Cl)cc2)n(-c2ccccc2)c1=O. The first-order chi connectivity index (χ1) is 15.0. The molecule has 4 rings (SSSR count). The van der Waals surface area contributed by atoms with Gasteiger partial charge in [0.1, 0.15) is 6.54 Å². The molecule has 0 saturated carbocycles. The van der Waals surface area contributed by atoms with Crippen molar-refractivity contribution < 1.29 is 0 Å². The third-order valence-electron chi connectivity index (χ3n) is 5.95. The topological polar surface area (TPSA) is 43.1 Å². The quantitative estimate of drug-likeness (QED) is 0.562. The van der Waals surface area contributed by atoms with Gasteiger partial charge in [-0.15, -0.1) is 5.10 Å². The van der Waals surface area contributed by atoms with Crippen molar-refractivity contribution >= 4 is 11.6 Å². The first kappa shape index (κ1) is 21.4. The van der Waals surface area contributed by atoms with Gasteiger partial charge in [-0.05, 0) is 63.1 Å². The van der Waals surface area contributed by atoms with E-state index in [1.165, 1.54) is 23.9 Å². The van der Waals surface area contributed by atoms with Crippen LogP contribution in [-0.2, 0) is 6.54 Å². The van der Waals surface area contributed by atoms with Crippen LogP contribution < -0.4 is 5.69 Å². The van der Waals surface area contributed by atoms with Crippen molar-refractivity contribution in [3.63, 3.8) is 0 Å². The summed E-state index contributed by atoms with van der Waals surface area (Å²) in [4.78, 5) is 15.6. The highest BCUT2D eigenvalue weighted by Gasteiger charge is 2.23. The van der Waals surface area contributed by atoms with Gasteiger partial charge in [0.25, 0.3) is 0 Å². The Morgan fingerprint density at radius 3 is 2.29 bits per heavy atom. The van der Waals surface area contributed by atoms with E-state index >= 15 is 0 Å². The number of rotatable bonds is 4. The van der Waals surface area contributed by atoms with Crippen molar-refractivity contribution in [3.05, 3.63) is 70.1 Å². The van der Waals surface area contributed by atoms with E-state index in [1.807, 2.05) is 42.5 Å². The molecule has 0 aliphatic carbocycles. The Morgan fingerprint density at radius 1 is 0.968 bits per heavy atom. The number of aromatic nitrogens is 3. The number of hydrogen-bond acceptors (Lipinski definition) is 3. The zero-order valence-corrected chi connectivity index (χ0v) is 18.7. The van der Waals surface area contributed by atoms with E-state index in [0.717, 1.165) is 17.8 Å². The summed E-state index contributed by atoms with van der Waals surface area (Å²) in [7, 11) is 0. The fourth-order valence-electron chi connectivity index (χ4n) is 4.17. The summed E-state index contributed by atoms with van der Waals surface area (Å²) in [6, 6.07) is 18.0. The van der Waals surface area contributed by atoms with Crippen molar-refractivity contribution in [1.82, 2.24) is 19.2 Å². The van der Waals surface area contributed by atoms with E-state index in [-0.39, 0.29) is 12.2 Å². The Labute approximate surface area is 188 Å². The zero-order valence-electron chi connectivity index (χ0n) is 18.0. The molecule has 6 heteroatoms. The lowest BCUT2D eigenvalue weighted by molar-refractivity contribution is 0.121. The molecule has 2 heterocycles. The molecule has 0 bridgehead atoms. The number of nitrogens with zero attached hydrogens (tertiary/aromatic N) is 4. The average molecular weight is 435 g/mol. The van der Waals surface area contributed by atoms with E-state index < -0.39 is 0 Å². The second-order valence-electron chi connectivity index (χ2n) is 8.10. The molecule has 3 aromatic rings. The standard InChI is InChI=1S/C25H27ClN4O/c1-19-9-8-10-20(2)28(19)17-6-7-18-29-25(31)30(23-11-4-3-5-12-23)24(27-29)21-13-15-22(26)16-14-21/h3-5,11-16,19-20H,8-10,17-18H2,1-2H3. The summed E-state index contributed by atoms with van der Waals surface area (Å²) in [6.07, 6.45) is 3.72. The maximum absolute atomic E-state index is 13.2. The third kappa shape index (κ3) is 4.76. The zero-order chi connectivity index (χ0) is 21.8. The molecule has 0 amide bonds. The van der Waals surface area contributed by atoms with Gasteiger partial charge in [-0.1, -0.05) is 48.1 Å². The van der Waals surface area contributed by atoms with Gasteiger partial charge in [0.15, 0.2) is 5.82 Å². The largest absolute Gasteiger partial charge is 0.351 e. The molecule has 1 aliphatic heterocycles. The fraction of sp³-hybridized carbons (Fsp3) is 0.360. The maximum atomic E-state index is 13.2. The summed E-state index contributed by atoms with van der Waals surface area (Å²) in [5.41, 5.74) is 1.39. The van der Waals surface area contributed by atoms with Gasteiger partial charge in [0, 0.05) is 22.7 Å². The van der Waals surface area contributed by atoms with Gasteiger partial charge < -0.3 is 0 Å². The summed E-state index contributed by atoms with van der Waals surface area (Å²) in [5.74, 6) is 6.99. The second-order valence-corrected chi connectivity index (χ2v) is 8.53. The molecule has 1 fully saturated rings. The van der Waals surface area contributed by atoms with Crippen LogP contribution in [0.5, 0.6) is 0 Å². The highest BCUT2D eigenvalue weighted by molar-refractivity contribution is 6.30. The molecular weight excluding hydrogens is 408 g/mol. The Bertz CT molecular complexity index is 1130. The molecule has 2 unspecified atom stereocenters. The van der Waals surface area contributed by atoms with E-state index in [0.29, 0.717) is 22.9 Å². The molecule has 31 heavy (non-hydrogen) atoms. The highest BCUT2D eigenvalue weighted by atomic mass is 35.5. The first-order valence-electron chi connectivity index (χ1n) is 10.8. The molecule has 5 nitrogen and oxygen atoms in total. The lowest BCUT2D eigenvalue weighted by Crippen LogP contribution is -2.43. The summed E-state index contributed by atoms with van der Waals surface area (Å²) >= 11 is 6.04. The summed E-state index contributed by atoms with van der Waals surface area (Å²) < 4.78 is 3.06. The van der Waals surface area contributed by atoms with E-state index in [4.69, 9.17) is 11.6 Å². The lowest BCUT2D eigenvalue weighted by Gasteiger charge is -2.37. The Hall–Kier alpha value is -2.81. The van der Waals surface area contributed by atoms with Gasteiger partial charge in [0.05, 0.1) is 12.2 Å². The van der Waals surface area contributed by atoms with E-state index in [1.54, 1.807) is 16.7 Å². The minimum absolute atomic E-state index is 0.204. The van der Waals surface area contributed by atoms with Crippen LogP contribution in [0.3, 0.4) is 0 Å². The number of halogens is 1. The molecule has 2 atom stereocenters. The summed E-state index contributed by atoms with van der Waals surface area (Å²) in [5, 5.41) is 5.25. The first-order valence-corrected chi connectivity index (χ1v) is 11.1. The monoisotopic (exact) mass is 434 g/mol. The van der Waals surface area contributed by atoms with Gasteiger partial charge in [-0.3, -0.25) is 4.90 Å². The molecule has 0 spiro atoms. The van der Waals surface area contributed by atoms with Crippen LogP contribution in [-0.4, -0.2) is 37.9 Å². The average Bonchev–Trinajstić information content (AvgIpc) is 3.10. The van der Waals surface area contributed by atoms with Crippen LogP contribution in [0.25, 0.3) is 17.1 Å². The van der Waals surface area contributed by atoms with Gasteiger partial charge in [0.2, 0.25) is 0 Å². The smallest absolute Gasteiger partial charge is 0.287 e. The van der Waals surface area contributed by atoms with Crippen molar-refractivity contribution in [2.45, 2.75) is 51.7 Å². The second kappa shape index (κ2) is 9.55. The Kier molecular flexibility index (Phi) is 6.60. The van der Waals surface area contributed by atoms with Crippen molar-refractivity contribution in [1.29, 1.82) is 0 Å². The Morgan fingerprint density at radius 2 is 1.61 bits per heavy atom. The summed E-state index contributed by atoms with van der Waals surface area (Å²) in [6.45, 7) is 5.51. The predicted molar refractivity (Wildman–Crippen MR) is 126 cm³/mol.